The summed E-state index contributed by atoms with van der Waals surface area (Å²) in [5.74, 6) is 0.0592. The van der Waals surface area contributed by atoms with Gasteiger partial charge in [0.25, 0.3) is 0 Å². The van der Waals surface area contributed by atoms with Crippen LogP contribution in [-0.2, 0) is 26.1 Å². The second-order valence-electron chi connectivity index (χ2n) is 8.28. The second-order valence-corrected chi connectivity index (χ2v) is 11.2. The van der Waals surface area contributed by atoms with Crippen LogP contribution >= 0.6 is 11.3 Å². The molecule has 3 heterocycles. The average molecular weight is 495 g/mol. The van der Waals surface area contributed by atoms with Gasteiger partial charge in [0.05, 0.1) is 31.0 Å². The third-order valence-corrected chi connectivity index (χ3v) is 8.77. The summed E-state index contributed by atoms with van der Waals surface area (Å²) in [6.07, 6.45) is 1.51. The SMILES string of the molecule is COc1ccc(NC(=O)C2CCN(Cc3csc(C)n3)CC2)cc1S(=O)(=O)N1CCOCC1. The lowest BCUT2D eigenvalue weighted by molar-refractivity contribution is -0.121. The van der Waals surface area contributed by atoms with Crippen molar-refractivity contribution in [2.24, 2.45) is 5.92 Å². The van der Waals surface area contributed by atoms with Crippen molar-refractivity contribution in [3.63, 3.8) is 0 Å². The smallest absolute Gasteiger partial charge is 0.246 e. The molecule has 0 radical (unpaired) electrons. The van der Waals surface area contributed by atoms with E-state index in [-0.39, 0.29) is 22.5 Å². The minimum Gasteiger partial charge on any atom is -0.495 e. The van der Waals surface area contributed by atoms with Gasteiger partial charge in [-0.25, -0.2) is 13.4 Å². The number of ether oxygens (including phenoxy) is 2. The van der Waals surface area contributed by atoms with Gasteiger partial charge in [0.2, 0.25) is 15.9 Å². The highest BCUT2D eigenvalue weighted by Crippen LogP contribution is 2.31. The van der Waals surface area contributed by atoms with E-state index in [0.29, 0.717) is 32.0 Å². The van der Waals surface area contributed by atoms with Gasteiger partial charge in [0.1, 0.15) is 10.6 Å². The van der Waals surface area contributed by atoms with Gasteiger partial charge in [-0.05, 0) is 51.1 Å². The number of hydrogen-bond acceptors (Lipinski definition) is 8. The lowest BCUT2D eigenvalue weighted by atomic mass is 9.95. The first-order valence-electron chi connectivity index (χ1n) is 11.1. The minimum absolute atomic E-state index is 0.0538. The maximum atomic E-state index is 13.2. The van der Waals surface area contributed by atoms with Crippen molar-refractivity contribution in [1.82, 2.24) is 14.2 Å². The molecule has 2 aromatic rings. The van der Waals surface area contributed by atoms with Crippen molar-refractivity contribution in [1.29, 1.82) is 0 Å². The Morgan fingerprint density at radius 3 is 2.61 bits per heavy atom. The van der Waals surface area contributed by atoms with Crippen LogP contribution in [0.3, 0.4) is 0 Å². The summed E-state index contributed by atoms with van der Waals surface area (Å²) in [5.41, 5.74) is 1.53. The molecule has 11 heteroatoms. The molecule has 0 bridgehead atoms. The Kier molecular flexibility index (Phi) is 7.65. The van der Waals surface area contributed by atoms with Gasteiger partial charge in [-0.3, -0.25) is 9.69 Å². The van der Waals surface area contributed by atoms with Gasteiger partial charge in [0.15, 0.2) is 0 Å². The summed E-state index contributed by atoms with van der Waals surface area (Å²) >= 11 is 1.65. The average Bonchev–Trinajstić information content (AvgIpc) is 3.24. The van der Waals surface area contributed by atoms with Crippen LogP contribution < -0.4 is 10.1 Å². The van der Waals surface area contributed by atoms with E-state index < -0.39 is 10.0 Å². The molecule has 0 unspecified atom stereocenters. The molecule has 33 heavy (non-hydrogen) atoms. The number of amides is 1. The van der Waals surface area contributed by atoms with Crippen LogP contribution in [0.4, 0.5) is 5.69 Å². The van der Waals surface area contributed by atoms with E-state index >= 15 is 0 Å². The zero-order valence-electron chi connectivity index (χ0n) is 19.0. The molecule has 0 atom stereocenters. The zero-order chi connectivity index (χ0) is 23.4. The normalized spacial score (nSPS) is 18.8. The van der Waals surface area contributed by atoms with Crippen molar-refractivity contribution in [2.75, 3.05) is 51.8 Å². The van der Waals surface area contributed by atoms with Gasteiger partial charge in [-0.1, -0.05) is 0 Å². The molecular weight excluding hydrogens is 464 g/mol. The van der Waals surface area contributed by atoms with E-state index in [1.165, 1.54) is 17.5 Å². The summed E-state index contributed by atoms with van der Waals surface area (Å²) < 4.78 is 38.3. The van der Waals surface area contributed by atoms with Gasteiger partial charge in [0, 0.05) is 36.6 Å². The number of piperidine rings is 1. The highest BCUT2D eigenvalue weighted by atomic mass is 32.2. The number of rotatable bonds is 7. The van der Waals surface area contributed by atoms with Crippen molar-refractivity contribution in [2.45, 2.75) is 31.2 Å². The number of morpholine rings is 1. The third kappa shape index (κ3) is 5.72. The Balaban J connectivity index is 1.39. The fourth-order valence-corrected chi connectivity index (χ4v) is 6.38. The lowest BCUT2D eigenvalue weighted by Crippen LogP contribution is -2.40. The number of hydrogen-bond donors (Lipinski definition) is 1. The molecule has 0 aliphatic carbocycles. The van der Waals surface area contributed by atoms with Crippen molar-refractivity contribution >= 4 is 33.0 Å². The zero-order valence-corrected chi connectivity index (χ0v) is 20.6. The first-order valence-corrected chi connectivity index (χ1v) is 13.4. The Labute approximate surface area is 198 Å². The second kappa shape index (κ2) is 10.5. The van der Waals surface area contributed by atoms with E-state index in [1.54, 1.807) is 23.5 Å². The van der Waals surface area contributed by atoms with E-state index in [9.17, 15) is 13.2 Å². The van der Waals surface area contributed by atoms with Crippen molar-refractivity contribution in [3.8, 4) is 5.75 Å². The molecule has 4 rings (SSSR count). The van der Waals surface area contributed by atoms with Crippen LogP contribution in [-0.4, -0.2) is 75.0 Å². The molecule has 1 aromatic carbocycles. The van der Waals surface area contributed by atoms with E-state index in [0.717, 1.165) is 43.2 Å². The number of nitrogens with zero attached hydrogens (tertiary/aromatic N) is 3. The number of anilines is 1. The number of methoxy groups -OCH3 is 1. The number of carbonyl (C=O) groups excluding carboxylic acids is 1. The summed E-state index contributed by atoms with van der Waals surface area (Å²) in [4.78, 5) is 19.8. The molecule has 1 N–H and O–H groups in total. The first kappa shape index (κ1) is 24.1. The van der Waals surface area contributed by atoms with Crippen LogP contribution in [0.1, 0.15) is 23.5 Å². The predicted octanol–water partition coefficient (Wildman–Crippen LogP) is 2.33. The molecule has 1 amide bonds. The molecule has 2 aliphatic rings. The fraction of sp³-hybridized carbons (Fsp3) is 0.545. The maximum Gasteiger partial charge on any atom is 0.246 e. The summed E-state index contributed by atoms with van der Waals surface area (Å²) in [5, 5.41) is 6.06. The third-order valence-electron chi connectivity index (χ3n) is 6.03. The largest absolute Gasteiger partial charge is 0.495 e. The van der Waals surface area contributed by atoms with Gasteiger partial charge in [-0.2, -0.15) is 4.31 Å². The Morgan fingerprint density at radius 1 is 1.24 bits per heavy atom. The minimum atomic E-state index is -3.76. The monoisotopic (exact) mass is 494 g/mol. The van der Waals surface area contributed by atoms with Crippen LogP contribution in [0.5, 0.6) is 5.75 Å². The van der Waals surface area contributed by atoms with E-state index in [4.69, 9.17) is 9.47 Å². The van der Waals surface area contributed by atoms with E-state index in [2.05, 4.69) is 20.6 Å². The summed E-state index contributed by atoms with van der Waals surface area (Å²) in [7, 11) is -2.32. The van der Waals surface area contributed by atoms with Crippen molar-refractivity contribution in [3.05, 3.63) is 34.3 Å². The van der Waals surface area contributed by atoms with Crippen LogP contribution in [0, 0.1) is 12.8 Å². The van der Waals surface area contributed by atoms with Gasteiger partial charge in [-0.15, -0.1) is 11.3 Å². The van der Waals surface area contributed by atoms with Crippen LogP contribution in [0.15, 0.2) is 28.5 Å². The molecular formula is C22H30N4O5S2. The summed E-state index contributed by atoms with van der Waals surface area (Å²) in [6, 6.07) is 4.75. The molecule has 2 aliphatic heterocycles. The number of aromatic nitrogens is 1. The first-order chi connectivity index (χ1) is 15.9. The quantitative estimate of drug-likeness (QED) is 0.630. The van der Waals surface area contributed by atoms with Crippen LogP contribution in [0.2, 0.25) is 0 Å². The lowest BCUT2D eigenvalue weighted by Gasteiger charge is -2.30. The molecule has 1 aromatic heterocycles. The predicted molar refractivity (Wildman–Crippen MR) is 126 cm³/mol. The molecule has 2 saturated heterocycles. The molecule has 180 valence electrons. The fourth-order valence-electron chi connectivity index (χ4n) is 4.19. The highest BCUT2D eigenvalue weighted by molar-refractivity contribution is 7.89. The number of thiazole rings is 1. The number of nitrogens with one attached hydrogen (secondary N) is 1. The molecule has 9 nitrogen and oxygen atoms in total. The molecule has 2 fully saturated rings. The Hall–Kier alpha value is -2.05. The molecule has 0 saturated carbocycles. The number of likely N-dealkylation sites (tertiary alicyclic amines) is 1. The number of benzene rings is 1. The topological polar surface area (TPSA) is 101 Å². The van der Waals surface area contributed by atoms with Crippen LogP contribution in [0.25, 0.3) is 0 Å². The van der Waals surface area contributed by atoms with Crippen molar-refractivity contribution < 1.29 is 22.7 Å². The Bertz CT molecular complexity index is 1070. The maximum absolute atomic E-state index is 13.2. The number of aryl methyl sites for hydroxylation is 1. The summed E-state index contributed by atoms with van der Waals surface area (Å²) in [6.45, 7) is 5.77. The standard InChI is InChI=1S/C22H30N4O5S2/c1-16-23-19(15-32-16)14-25-7-5-17(6-8-25)22(27)24-18-3-4-20(30-2)21(13-18)33(28,29)26-9-11-31-12-10-26/h3-4,13,15,17H,5-12,14H2,1-2H3,(H,24,27). The van der Waals surface area contributed by atoms with E-state index in [1.807, 2.05) is 6.92 Å². The number of sulfonamides is 1. The van der Waals surface area contributed by atoms with Gasteiger partial charge >= 0.3 is 0 Å². The number of carbonyl (C=O) groups is 1. The highest BCUT2D eigenvalue weighted by Gasteiger charge is 2.30. The molecule has 0 spiro atoms. The Morgan fingerprint density at radius 2 is 1.97 bits per heavy atom. The van der Waals surface area contributed by atoms with Gasteiger partial charge < -0.3 is 14.8 Å².